The molecule has 0 radical (unpaired) electrons. The lowest BCUT2D eigenvalue weighted by molar-refractivity contribution is 0.179. The van der Waals surface area contributed by atoms with Crippen molar-refractivity contribution >= 4 is 0 Å². The predicted molar refractivity (Wildman–Crippen MR) is 43.0 cm³/mol. The van der Waals surface area contributed by atoms with Crippen LogP contribution in [0.4, 0.5) is 4.39 Å². The number of methoxy groups -OCH3 is 1. The molecule has 1 aromatic rings. The molecule has 1 aromatic heterocycles. The highest BCUT2D eigenvalue weighted by atomic mass is 19.1. The van der Waals surface area contributed by atoms with E-state index in [1.54, 1.807) is 19.2 Å². The standard InChI is InChI=1S/C8H11FN2O/c1-12-5-6(10)7-3-2-4-8(9)11-7/h2-4,6H,5,10H2,1H3/t6-/m1/s1. The van der Waals surface area contributed by atoms with Crippen molar-refractivity contribution in [2.24, 2.45) is 5.73 Å². The fourth-order valence-electron chi connectivity index (χ4n) is 0.895. The van der Waals surface area contributed by atoms with Gasteiger partial charge in [0.2, 0.25) is 5.95 Å². The van der Waals surface area contributed by atoms with Crippen LogP contribution in [-0.2, 0) is 4.74 Å². The van der Waals surface area contributed by atoms with E-state index in [9.17, 15) is 4.39 Å². The van der Waals surface area contributed by atoms with Crippen molar-refractivity contribution in [3.05, 3.63) is 29.8 Å². The summed E-state index contributed by atoms with van der Waals surface area (Å²) >= 11 is 0. The molecule has 12 heavy (non-hydrogen) atoms. The van der Waals surface area contributed by atoms with Crippen molar-refractivity contribution in [1.29, 1.82) is 0 Å². The first kappa shape index (κ1) is 9.09. The van der Waals surface area contributed by atoms with Crippen molar-refractivity contribution in [1.82, 2.24) is 4.98 Å². The highest BCUT2D eigenvalue weighted by molar-refractivity contribution is 5.08. The van der Waals surface area contributed by atoms with E-state index in [0.717, 1.165) is 0 Å². The first-order chi connectivity index (χ1) is 5.74. The SMILES string of the molecule is COC[C@@H](N)c1cccc(F)n1. The van der Waals surface area contributed by atoms with Crippen LogP contribution in [0.1, 0.15) is 11.7 Å². The average molecular weight is 170 g/mol. The fraction of sp³-hybridized carbons (Fsp3) is 0.375. The summed E-state index contributed by atoms with van der Waals surface area (Å²) in [4.78, 5) is 3.62. The summed E-state index contributed by atoms with van der Waals surface area (Å²) in [5.41, 5.74) is 6.13. The average Bonchev–Trinajstić information content (AvgIpc) is 2.05. The van der Waals surface area contributed by atoms with Gasteiger partial charge < -0.3 is 10.5 Å². The number of nitrogens with zero attached hydrogens (tertiary/aromatic N) is 1. The van der Waals surface area contributed by atoms with E-state index in [0.29, 0.717) is 12.3 Å². The van der Waals surface area contributed by atoms with E-state index < -0.39 is 5.95 Å². The molecule has 1 rings (SSSR count). The van der Waals surface area contributed by atoms with Gasteiger partial charge in [-0.15, -0.1) is 0 Å². The molecular weight excluding hydrogens is 159 g/mol. The Balaban J connectivity index is 2.73. The van der Waals surface area contributed by atoms with E-state index in [2.05, 4.69) is 4.98 Å². The Hall–Kier alpha value is -1.00. The molecule has 0 aromatic carbocycles. The monoisotopic (exact) mass is 170 g/mol. The molecule has 0 saturated heterocycles. The van der Waals surface area contributed by atoms with Crippen LogP contribution in [0.2, 0.25) is 0 Å². The van der Waals surface area contributed by atoms with Crippen LogP contribution < -0.4 is 5.73 Å². The van der Waals surface area contributed by atoms with Crippen LogP contribution in [-0.4, -0.2) is 18.7 Å². The van der Waals surface area contributed by atoms with Gasteiger partial charge in [-0.1, -0.05) is 6.07 Å². The van der Waals surface area contributed by atoms with Crippen molar-refractivity contribution in [3.8, 4) is 0 Å². The van der Waals surface area contributed by atoms with Crippen molar-refractivity contribution in [2.75, 3.05) is 13.7 Å². The third-order valence-electron chi connectivity index (χ3n) is 1.46. The van der Waals surface area contributed by atoms with Crippen molar-refractivity contribution in [3.63, 3.8) is 0 Å². The number of aromatic nitrogens is 1. The van der Waals surface area contributed by atoms with Crippen LogP contribution in [0, 0.1) is 5.95 Å². The molecule has 0 aliphatic heterocycles. The van der Waals surface area contributed by atoms with Gasteiger partial charge in [-0.2, -0.15) is 4.39 Å². The molecule has 0 amide bonds. The molecular formula is C8H11FN2O. The molecule has 3 nitrogen and oxygen atoms in total. The lowest BCUT2D eigenvalue weighted by atomic mass is 10.2. The van der Waals surface area contributed by atoms with Gasteiger partial charge in [0.15, 0.2) is 0 Å². The van der Waals surface area contributed by atoms with Gasteiger partial charge >= 0.3 is 0 Å². The smallest absolute Gasteiger partial charge is 0.213 e. The number of ether oxygens (including phenoxy) is 1. The Morgan fingerprint density at radius 1 is 1.67 bits per heavy atom. The zero-order valence-corrected chi connectivity index (χ0v) is 6.83. The molecule has 0 saturated carbocycles. The maximum absolute atomic E-state index is 12.6. The molecule has 0 fully saturated rings. The van der Waals surface area contributed by atoms with E-state index in [-0.39, 0.29) is 6.04 Å². The number of hydrogen-bond donors (Lipinski definition) is 1. The lowest BCUT2D eigenvalue weighted by Crippen LogP contribution is -2.17. The summed E-state index contributed by atoms with van der Waals surface area (Å²) in [6, 6.07) is 4.17. The molecule has 2 N–H and O–H groups in total. The number of nitrogens with two attached hydrogens (primary N) is 1. The Bertz CT molecular complexity index is 255. The van der Waals surface area contributed by atoms with Gasteiger partial charge in [0.05, 0.1) is 18.3 Å². The van der Waals surface area contributed by atoms with Gasteiger partial charge in [0.1, 0.15) is 0 Å². The molecule has 0 aliphatic carbocycles. The van der Waals surface area contributed by atoms with E-state index in [1.807, 2.05) is 0 Å². The van der Waals surface area contributed by atoms with Crippen LogP contribution in [0.3, 0.4) is 0 Å². The summed E-state index contributed by atoms with van der Waals surface area (Å²) in [5, 5.41) is 0. The minimum atomic E-state index is -0.515. The molecule has 0 unspecified atom stereocenters. The summed E-state index contributed by atoms with van der Waals surface area (Å²) in [7, 11) is 1.54. The molecule has 66 valence electrons. The van der Waals surface area contributed by atoms with Gasteiger partial charge in [0, 0.05) is 7.11 Å². The second-order valence-corrected chi connectivity index (χ2v) is 2.45. The third-order valence-corrected chi connectivity index (χ3v) is 1.46. The van der Waals surface area contributed by atoms with Crippen LogP contribution >= 0.6 is 0 Å². The summed E-state index contributed by atoms with van der Waals surface area (Å²) < 4.78 is 17.4. The minimum Gasteiger partial charge on any atom is -0.383 e. The second kappa shape index (κ2) is 4.13. The number of rotatable bonds is 3. The van der Waals surface area contributed by atoms with Gasteiger partial charge in [-0.05, 0) is 12.1 Å². The largest absolute Gasteiger partial charge is 0.383 e. The number of pyridine rings is 1. The summed E-state index contributed by atoms with van der Waals surface area (Å²) in [6.07, 6.45) is 0. The van der Waals surface area contributed by atoms with Crippen molar-refractivity contribution < 1.29 is 9.13 Å². The minimum absolute atomic E-state index is 0.344. The molecule has 0 aliphatic rings. The van der Waals surface area contributed by atoms with E-state index >= 15 is 0 Å². The molecule has 0 bridgehead atoms. The van der Waals surface area contributed by atoms with Gasteiger partial charge in [-0.3, -0.25) is 0 Å². The Kier molecular flexibility index (Phi) is 3.13. The van der Waals surface area contributed by atoms with E-state index in [4.69, 9.17) is 10.5 Å². The Labute approximate surface area is 70.4 Å². The quantitative estimate of drug-likeness (QED) is 0.684. The topological polar surface area (TPSA) is 48.1 Å². The number of halogens is 1. The van der Waals surface area contributed by atoms with Crippen LogP contribution in [0.15, 0.2) is 18.2 Å². The maximum Gasteiger partial charge on any atom is 0.213 e. The molecule has 4 heteroatoms. The zero-order valence-electron chi connectivity index (χ0n) is 6.83. The van der Waals surface area contributed by atoms with Crippen LogP contribution in [0.25, 0.3) is 0 Å². The predicted octanol–water partition coefficient (Wildman–Crippen LogP) is 0.867. The molecule has 1 atom stereocenters. The normalized spacial score (nSPS) is 12.9. The molecule has 1 heterocycles. The summed E-state index contributed by atoms with van der Waals surface area (Å²) in [5.74, 6) is -0.515. The maximum atomic E-state index is 12.6. The Morgan fingerprint density at radius 3 is 3.00 bits per heavy atom. The van der Waals surface area contributed by atoms with E-state index in [1.165, 1.54) is 6.07 Å². The van der Waals surface area contributed by atoms with Gasteiger partial charge in [0.25, 0.3) is 0 Å². The van der Waals surface area contributed by atoms with Crippen molar-refractivity contribution in [2.45, 2.75) is 6.04 Å². The second-order valence-electron chi connectivity index (χ2n) is 2.45. The Morgan fingerprint density at radius 2 is 2.42 bits per heavy atom. The first-order valence-electron chi connectivity index (χ1n) is 3.61. The third kappa shape index (κ3) is 2.25. The molecule has 0 spiro atoms. The van der Waals surface area contributed by atoms with Gasteiger partial charge in [-0.25, -0.2) is 4.98 Å². The fourth-order valence-corrected chi connectivity index (χ4v) is 0.895. The highest BCUT2D eigenvalue weighted by Gasteiger charge is 2.06. The summed E-state index contributed by atoms with van der Waals surface area (Å²) in [6.45, 7) is 0.344. The zero-order chi connectivity index (χ0) is 8.97. The first-order valence-corrected chi connectivity index (χ1v) is 3.61. The highest BCUT2D eigenvalue weighted by Crippen LogP contribution is 2.07. The van der Waals surface area contributed by atoms with Crippen LogP contribution in [0.5, 0.6) is 0 Å². The lowest BCUT2D eigenvalue weighted by Gasteiger charge is -2.08. The number of hydrogen-bond acceptors (Lipinski definition) is 3.